The van der Waals surface area contributed by atoms with Crippen molar-refractivity contribution >= 4 is 22.6 Å². The third kappa shape index (κ3) is 2.24. The Morgan fingerprint density at radius 2 is 2.31 bits per heavy atom. The highest BCUT2D eigenvalue weighted by Crippen LogP contribution is 2.29. The second-order valence-electron chi connectivity index (χ2n) is 2.98. The molecule has 1 saturated carbocycles. The number of aromatic nitrogens is 1. The summed E-state index contributed by atoms with van der Waals surface area (Å²) in [5, 5.41) is 0. The molecule has 0 radical (unpaired) electrons. The number of pyridine rings is 1. The number of nitrogens with zero attached hydrogens (tertiary/aromatic N) is 1. The van der Waals surface area contributed by atoms with Crippen LogP contribution in [-0.2, 0) is 0 Å². The summed E-state index contributed by atoms with van der Waals surface area (Å²) in [6.45, 7) is 0. The number of hydrogen-bond acceptors (Lipinski definition) is 3. The van der Waals surface area contributed by atoms with Crippen molar-refractivity contribution in [3.63, 3.8) is 0 Å². The molecule has 3 nitrogen and oxygen atoms in total. The molecule has 2 rings (SSSR count). The molecule has 0 amide bonds. The Kier molecular flexibility index (Phi) is 2.57. The first-order valence-electron chi connectivity index (χ1n) is 4.16. The van der Waals surface area contributed by atoms with Gasteiger partial charge >= 0.3 is 0 Å². The molecule has 0 saturated heterocycles. The Morgan fingerprint density at radius 3 is 2.92 bits per heavy atom. The highest BCUT2D eigenvalue weighted by atomic mass is 127. The van der Waals surface area contributed by atoms with Gasteiger partial charge in [0.1, 0.15) is 9.45 Å². The molecule has 1 heterocycles. The molecule has 1 fully saturated rings. The van der Waals surface area contributed by atoms with Crippen molar-refractivity contribution in [3.05, 3.63) is 16.0 Å². The summed E-state index contributed by atoms with van der Waals surface area (Å²) in [5.41, 5.74) is 0. The van der Waals surface area contributed by atoms with Gasteiger partial charge in [-0.1, -0.05) is 0 Å². The molecule has 0 N–H and O–H groups in total. The average Bonchev–Trinajstić information content (AvgIpc) is 2.92. The third-order valence-electron chi connectivity index (χ3n) is 1.83. The first-order valence-corrected chi connectivity index (χ1v) is 5.23. The fourth-order valence-electron chi connectivity index (χ4n) is 0.996. The van der Waals surface area contributed by atoms with Crippen LogP contribution in [0, 0.1) is 3.70 Å². The summed E-state index contributed by atoms with van der Waals surface area (Å²) in [6.07, 6.45) is 4.47. The van der Waals surface area contributed by atoms with E-state index in [0.29, 0.717) is 6.10 Å². The topological polar surface area (TPSA) is 31.4 Å². The first-order chi connectivity index (χ1) is 6.29. The van der Waals surface area contributed by atoms with Crippen molar-refractivity contribution in [2.45, 2.75) is 18.9 Å². The summed E-state index contributed by atoms with van der Waals surface area (Å²) in [6, 6.07) is 1.88. The standard InChI is InChI=1S/C9H10INO2/c1-12-8-4-7(5-11-9(8)10)13-6-2-3-6/h4-6H,2-3H2,1H3. The summed E-state index contributed by atoms with van der Waals surface area (Å²) in [7, 11) is 1.64. The molecule has 0 aliphatic heterocycles. The normalized spacial score (nSPS) is 15.5. The quantitative estimate of drug-likeness (QED) is 0.632. The van der Waals surface area contributed by atoms with Crippen LogP contribution in [-0.4, -0.2) is 18.2 Å². The molecule has 0 spiro atoms. The van der Waals surface area contributed by atoms with Crippen LogP contribution in [0.25, 0.3) is 0 Å². The summed E-state index contributed by atoms with van der Waals surface area (Å²) in [4.78, 5) is 4.17. The molecule has 0 aromatic carbocycles. The molecule has 4 heteroatoms. The SMILES string of the molecule is COc1cc(OC2CC2)cnc1I. The molecule has 70 valence electrons. The van der Waals surface area contributed by atoms with Crippen molar-refractivity contribution in [2.24, 2.45) is 0 Å². The van der Waals surface area contributed by atoms with Gasteiger partial charge in [-0.3, -0.25) is 0 Å². The van der Waals surface area contributed by atoms with Crippen LogP contribution in [0.2, 0.25) is 0 Å². The molecular weight excluding hydrogens is 281 g/mol. The molecule has 0 unspecified atom stereocenters. The smallest absolute Gasteiger partial charge is 0.154 e. The lowest BCUT2D eigenvalue weighted by Crippen LogP contribution is -1.98. The van der Waals surface area contributed by atoms with E-state index >= 15 is 0 Å². The molecule has 0 atom stereocenters. The van der Waals surface area contributed by atoms with Crippen LogP contribution in [0.1, 0.15) is 12.8 Å². The lowest BCUT2D eigenvalue weighted by Gasteiger charge is -2.06. The Morgan fingerprint density at radius 1 is 1.54 bits per heavy atom. The second-order valence-corrected chi connectivity index (χ2v) is 4.00. The molecule has 1 aromatic rings. The Balaban J connectivity index is 2.16. The van der Waals surface area contributed by atoms with Crippen molar-refractivity contribution in [1.82, 2.24) is 4.98 Å². The number of halogens is 1. The van der Waals surface area contributed by atoms with Crippen molar-refractivity contribution in [3.8, 4) is 11.5 Å². The van der Waals surface area contributed by atoms with Crippen LogP contribution in [0.5, 0.6) is 11.5 Å². The van der Waals surface area contributed by atoms with E-state index < -0.39 is 0 Å². The molecule has 1 aromatic heterocycles. The van der Waals surface area contributed by atoms with Gasteiger partial charge in [0.05, 0.1) is 19.4 Å². The fourth-order valence-corrected chi connectivity index (χ4v) is 1.51. The van der Waals surface area contributed by atoms with E-state index in [1.54, 1.807) is 13.3 Å². The minimum Gasteiger partial charge on any atom is -0.494 e. The molecule has 1 aliphatic rings. The molecular formula is C9H10INO2. The number of ether oxygens (including phenoxy) is 2. The summed E-state index contributed by atoms with van der Waals surface area (Å²) in [5.74, 6) is 1.58. The van der Waals surface area contributed by atoms with Gasteiger partial charge in [-0.25, -0.2) is 4.98 Å². The van der Waals surface area contributed by atoms with Gasteiger partial charge in [-0.15, -0.1) is 0 Å². The third-order valence-corrected chi connectivity index (χ3v) is 2.64. The summed E-state index contributed by atoms with van der Waals surface area (Å²) < 4.78 is 11.6. The summed E-state index contributed by atoms with van der Waals surface area (Å²) >= 11 is 2.13. The maximum absolute atomic E-state index is 5.58. The van der Waals surface area contributed by atoms with E-state index in [4.69, 9.17) is 9.47 Å². The van der Waals surface area contributed by atoms with Crippen molar-refractivity contribution in [1.29, 1.82) is 0 Å². The zero-order valence-electron chi connectivity index (χ0n) is 7.29. The van der Waals surface area contributed by atoms with E-state index in [2.05, 4.69) is 27.6 Å². The van der Waals surface area contributed by atoms with Gasteiger partial charge in [0.2, 0.25) is 0 Å². The van der Waals surface area contributed by atoms with Gasteiger partial charge in [0, 0.05) is 6.07 Å². The Hall–Kier alpha value is -0.520. The predicted octanol–water partition coefficient (Wildman–Crippen LogP) is 2.24. The van der Waals surface area contributed by atoms with E-state index in [1.807, 2.05) is 6.07 Å². The van der Waals surface area contributed by atoms with Gasteiger partial charge in [0.15, 0.2) is 5.75 Å². The average molecular weight is 291 g/mol. The van der Waals surface area contributed by atoms with Gasteiger partial charge < -0.3 is 9.47 Å². The molecule has 0 bridgehead atoms. The minimum atomic E-state index is 0.409. The van der Waals surface area contributed by atoms with Crippen LogP contribution in [0.15, 0.2) is 12.3 Å². The van der Waals surface area contributed by atoms with Crippen LogP contribution in [0.3, 0.4) is 0 Å². The van der Waals surface area contributed by atoms with Crippen LogP contribution < -0.4 is 9.47 Å². The Labute approximate surface area is 90.6 Å². The number of hydrogen-bond donors (Lipinski definition) is 0. The molecule has 1 aliphatic carbocycles. The predicted molar refractivity (Wildman–Crippen MR) is 57.2 cm³/mol. The van der Waals surface area contributed by atoms with Gasteiger partial charge in [-0.05, 0) is 35.4 Å². The van der Waals surface area contributed by atoms with E-state index in [-0.39, 0.29) is 0 Å². The monoisotopic (exact) mass is 291 g/mol. The second kappa shape index (κ2) is 3.69. The van der Waals surface area contributed by atoms with E-state index in [9.17, 15) is 0 Å². The van der Waals surface area contributed by atoms with Crippen molar-refractivity contribution < 1.29 is 9.47 Å². The number of methoxy groups -OCH3 is 1. The van der Waals surface area contributed by atoms with E-state index in [0.717, 1.165) is 28.0 Å². The van der Waals surface area contributed by atoms with Gasteiger partial charge in [0.25, 0.3) is 0 Å². The highest BCUT2D eigenvalue weighted by Gasteiger charge is 2.23. The lowest BCUT2D eigenvalue weighted by molar-refractivity contribution is 0.299. The van der Waals surface area contributed by atoms with Crippen molar-refractivity contribution in [2.75, 3.05) is 7.11 Å². The maximum Gasteiger partial charge on any atom is 0.154 e. The zero-order chi connectivity index (χ0) is 9.26. The fraction of sp³-hybridized carbons (Fsp3) is 0.444. The van der Waals surface area contributed by atoms with E-state index in [1.165, 1.54) is 0 Å². The highest BCUT2D eigenvalue weighted by molar-refractivity contribution is 14.1. The van der Waals surface area contributed by atoms with Crippen LogP contribution in [0.4, 0.5) is 0 Å². The first kappa shape index (κ1) is 9.05. The minimum absolute atomic E-state index is 0.409. The number of rotatable bonds is 3. The van der Waals surface area contributed by atoms with Gasteiger partial charge in [-0.2, -0.15) is 0 Å². The lowest BCUT2D eigenvalue weighted by atomic mass is 10.4. The largest absolute Gasteiger partial charge is 0.494 e. The molecule has 13 heavy (non-hydrogen) atoms. The maximum atomic E-state index is 5.58. The zero-order valence-corrected chi connectivity index (χ0v) is 9.45. The van der Waals surface area contributed by atoms with Crippen LogP contribution >= 0.6 is 22.6 Å². The Bertz CT molecular complexity index is 312.